The Morgan fingerprint density at radius 1 is 1.00 bits per heavy atom. The molecule has 4 nitrogen and oxygen atoms in total. The van der Waals surface area contributed by atoms with Gasteiger partial charge in [0.05, 0.1) is 11.3 Å². The summed E-state index contributed by atoms with van der Waals surface area (Å²) in [5.74, 6) is -0.00118. The van der Waals surface area contributed by atoms with Gasteiger partial charge in [-0.2, -0.15) is 13.2 Å². The van der Waals surface area contributed by atoms with Crippen molar-refractivity contribution in [2.24, 2.45) is 0 Å². The number of nitrogens with one attached hydrogen (secondary N) is 1. The fourth-order valence-electron chi connectivity index (χ4n) is 2.37. The Balaban J connectivity index is 1.83. The Morgan fingerprint density at radius 3 is 2.35 bits per heavy atom. The minimum Gasteiger partial charge on any atom is -0.307 e. The lowest BCUT2D eigenvalue weighted by molar-refractivity contribution is -0.137. The number of benzene rings is 1. The second-order valence-electron chi connectivity index (χ2n) is 5.65. The third-order valence-corrected chi connectivity index (χ3v) is 3.69. The van der Waals surface area contributed by atoms with E-state index in [-0.39, 0.29) is 11.3 Å². The van der Waals surface area contributed by atoms with E-state index >= 15 is 0 Å². The summed E-state index contributed by atoms with van der Waals surface area (Å²) < 4.78 is 39.3. The monoisotopic (exact) mass is 357 g/mol. The normalized spacial score (nSPS) is 11.2. The molecule has 0 spiro atoms. The molecule has 0 saturated heterocycles. The van der Waals surface area contributed by atoms with E-state index in [0.29, 0.717) is 11.4 Å². The van der Waals surface area contributed by atoms with E-state index < -0.39 is 17.6 Å². The van der Waals surface area contributed by atoms with E-state index in [1.807, 2.05) is 13.0 Å². The summed E-state index contributed by atoms with van der Waals surface area (Å²) in [5, 5.41) is 2.63. The smallest absolute Gasteiger partial charge is 0.307 e. The highest BCUT2D eigenvalue weighted by Crippen LogP contribution is 2.35. The van der Waals surface area contributed by atoms with Crippen molar-refractivity contribution in [2.75, 3.05) is 5.32 Å². The molecule has 0 radical (unpaired) electrons. The molecular formula is C19H14F3N3O. The van der Waals surface area contributed by atoms with Crippen LogP contribution in [0, 0.1) is 6.92 Å². The lowest BCUT2D eigenvalue weighted by atomic mass is 10.0. The Morgan fingerprint density at radius 2 is 1.73 bits per heavy atom. The van der Waals surface area contributed by atoms with Crippen molar-refractivity contribution in [3.05, 3.63) is 77.6 Å². The van der Waals surface area contributed by atoms with Crippen LogP contribution >= 0.6 is 0 Å². The van der Waals surface area contributed by atoms with E-state index in [9.17, 15) is 18.0 Å². The molecule has 132 valence electrons. The van der Waals surface area contributed by atoms with Crippen LogP contribution in [-0.4, -0.2) is 15.9 Å². The summed E-state index contributed by atoms with van der Waals surface area (Å²) >= 11 is 0. The van der Waals surface area contributed by atoms with E-state index in [4.69, 9.17) is 0 Å². The van der Waals surface area contributed by atoms with Gasteiger partial charge in [0, 0.05) is 23.5 Å². The summed E-state index contributed by atoms with van der Waals surface area (Å²) in [6, 6.07) is 11.5. The Kier molecular flexibility index (Phi) is 4.71. The second kappa shape index (κ2) is 6.95. The second-order valence-corrected chi connectivity index (χ2v) is 5.65. The SMILES string of the molecule is Cc1ccc(NC(=O)c2ccc(-c3ncccc3C(F)(F)F)cc2)nc1. The number of carbonyl (C=O) groups excluding carboxylic acids is 1. The van der Waals surface area contributed by atoms with Gasteiger partial charge >= 0.3 is 6.18 Å². The summed E-state index contributed by atoms with van der Waals surface area (Å²) in [6.45, 7) is 1.88. The molecule has 1 amide bonds. The first kappa shape index (κ1) is 17.6. The van der Waals surface area contributed by atoms with Crippen LogP contribution < -0.4 is 5.32 Å². The van der Waals surface area contributed by atoms with Crippen LogP contribution in [0.1, 0.15) is 21.5 Å². The number of hydrogen-bond donors (Lipinski definition) is 1. The molecule has 2 heterocycles. The number of pyridine rings is 2. The third-order valence-electron chi connectivity index (χ3n) is 3.69. The number of aromatic nitrogens is 2. The van der Waals surface area contributed by atoms with Crippen molar-refractivity contribution in [3.8, 4) is 11.3 Å². The number of aryl methyl sites for hydroxylation is 1. The fourth-order valence-corrected chi connectivity index (χ4v) is 2.37. The molecule has 1 aromatic carbocycles. The van der Waals surface area contributed by atoms with Crippen LogP contribution in [0.4, 0.5) is 19.0 Å². The van der Waals surface area contributed by atoms with Crippen molar-refractivity contribution in [1.82, 2.24) is 9.97 Å². The van der Waals surface area contributed by atoms with Crippen LogP contribution in [0.25, 0.3) is 11.3 Å². The van der Waals surface area contributed by atoms with Crippen LogP contribution in [0.5, 0.6) is 0 Å². The molecule has 1 N–H and O–H groups in total. The number of hydrogen-bond acceptors (Lipinski definition) is 3. The molecule has 0 aliphatic carbocycles. The first-order valence-electron chi connectivity index (χ1n) is 7.71. The van der Waals surface area contributed by atoms with Gasteiger partial charge in [0.15, 0.2) is 0 Å². The van der Waals surface area contributed by atoms with Gasteiger partial charge < -0.3 is 5.32 Å². The highest BCUT2D eigenvalue weighted by atomic mass is 19.4. The van der Waals surface area contributed by atoms with E-state index in [0.717, 1.165) is 11.6 Å². The molecule has 0 aliphatic heterocycles. The van der Waals surface area contributed by atoms with Crippen molar-refractivity contribution in [3.63, 3.8) is 0 Å². The zero-order valence-electron chi connectivity index (χ0n) is 13.7. The van der Waals surface area contributed by atoms with Gasteiger partial charge in [-0.15, -0.1) is 0 Å². The molecule has 3 rings (SSSR count). The first-order chi connectivity index (χ1) is 12.3. The molecule has 7 heteroatoms. The molecule has 26 heavy (non-hydrogen) atoms. The average molecular weight is 357 g/mol. The molecule has 0 unspecified atom stereocenters. The zero-order valence-corrected chi connectivity index (χ0v) is 13.7. The minimum absolute atomic E-state index is 0.174. The van der Waals surface area contributed by atoms with Crippen LogP contribution in [-0.2, 0) is 6.18 Å². The number of anilines is 1. The molecule has 0 saturated carbocycles. The van der Waals surface area contributed by atoms with Crippen LogP contribution in [0.15, 0.2) is 60.9 Å². The maximum atomic E-state index is 13.1. The number of nitrogens with zero attached hydrogens (tertiary/aromatic N) is 2. The third kappa shape index (κ3) is 3.88. The number of halogens is 3. The minimum atomic E-state index is -4.50. The largest absolute Gasteiger partial charge is 0.418 e. The van der Waals surface area contributed by atoms with E-state index in [2.05, 4.69) is 15.3 Å². The Labute approximate surface area is 147 Å². The highest BCUT2D eigenvalue weighted by molar-refractivity contribution is 6.04. The lowest BCUT2D eigenvalue weighted by Crippen LogP contribution is -2.13. The van der Waals surface area contributed by atoms with Gasteiger partial charge in [0.25, 0.3) is 5.91 Å². The molecule has 0 aliphatic rings. The predicted octanol–water partition coefficient (Wildman–Crippen LogP) is 4.72. The topological polar surface area (TPSA) is 54.9 Å². The van der Waals surface area contributed by atoms with Gasteiger partial charge in [0.1, 0.15) is 5.82 Å². The van der Waals surface area contributed by atoms with E-state index in [1.54, 1.807) is 12.3 Å². The molecular weight excluding hydrogens is 343 g/mol. The lowest BCUT2D eigenvalue weighted by Gasteiger charge is -2.12. The van der Waals surface area contributed by atoms with Gasteiger partial charge in [0.2, 0.25) is 0 Å². The predicted molar refractivity (Wildman–Crippen MR) is 91.6 cm³/mol. The van der Waals surface area contributed by atoms with Crippen molar-refractivity contribution >= 4 is 11.7 Å². The number of carbonyl (C=O) groups is 1. The summed E-state index contributed by atoms with van der Waals surface area (Å²) in [4.78, 5) is 20.1. The van der Waals surface area contributed by atoms with Gasteiger partial charge in [-0.25, -0.2) is 4.98 Å². The fraction of sp³-hybridized carbons (Fsp3) is 0.105. The molecule has 0 atom stereocenters. The van der Waals surface area contributed by atoms with Crippen LogP contribution in [0.3, 0.4) is 0 Å². The van der Waals surface area contributed by atoms with Crippen molar-refractivity contribution in [1.29, 1.82) is 0 Å². The average Bonchev–Trinajstić information content (AvgIpc) is 2.63. The Hall–Kier alpha value is -3.22. The maximum Gasteiger partial charge on any atom is 0.418 e. The number of alkyl halides is 3. The van der Waals surface area contributed by atoms with Gasteiger partial charge in [-0.3, -0.25) is 9.78 Å². The van der Waals surface area contributed by atoms with Crippen molar-refractivity contribution < 1.29 is 18.0 Å². The summed E-state index contributed by atoms with van der Waals surface area (Å²) in [7, 11) is 0. The number of rotatable bonds is 3. The maximum absolute atomic E-state index is 13.1. The van der Waals surface area contributed by atoms with Gasteiger partial charge in [-0.05, 0) is 42.8 Å². The van der Waals surface area contributed by atoms with E-state index in [1.165, 1.54) is 36.5 Å². The molecule has 2 aromatic heterocycles. The first-order valence-corrected chi connectivity index (χ1v) is 7.71. The molecule has 3 aromatic rings. The van der Waals surface area contributed by atoms with Crippen LogP contribution in [0.2, 0.25) is 0 Å². The van der Waals surface area contributed by atoms with Gasteiger partial charge in [-0.1, -0.05) is 18.2 Å². The zero-order chi connectivity index (χ0) is 18.7. The summed E-state index contributed by atoms with van der Waals surface area (Å²) in [5.41, 5.74) is 0.556. The number of amides is 1. The summed E-state index contributed by atoms with van der Waals surface area (Å²) in [6.07, 6.45) is -1.58. The highest BCUT2D eigenvalue weighted by Gasteiger charge is 2.34. The standard InChI is InChI=1S/C19H14F3N3O/c1-12-4-9-16(24-11-12)25-18(26)14-7-5-13(6-8-14)17-15(19(20,21)22)3-2-10-23-17/h2-11H,1H3,(H,24,25,26). The quantitative estimate of drug-likeness (QED) is 0.738. The Bertz CT molecular complexity index is 920. The molecule has 0 fully saturated rings. The van der Waals surface area contributed by atoms with Crippen molar-refractivity contribution in [2.45, 2.75) is 13.1 Å². The molecule has 0 bridgehead atoms.